The summed E-state index contributed by atoms with van der Waals surface area (Å²) >= 11 is 0. The van der Waals surface area contributed by atoms with Gasteiger partial charge in [-0.3, -0.25) is 9.59 Å². The molecule has 28 heavy (non-hydrogen) atoms. The van der Waals surface area contributed by atoms with Crippen molar-refractivity contribution in [3.63, 3.8) is 0 Å². The van der Waals surface area contributed by atoms with E-state index in [0.717, 1.165) is 0 Å². The zero-order valence-electron chi connectivity index (χ0n) is 15.6. The van der Waals surface area contributed by atoms with Gasteiger partial charge in [-0.1, -0.05) is 30.3 Å². The van der Waals surface area contributed by atoms with Crippen LogP contribution in [0.5, 0.6) is 5.75 Å². The van der Waals surface area contributed by atoms with Gasteiger partial charge in [-0.05, 0) is 30.7 Å². The van der Waals surface area contributed by atoms with Gasteiger partial charge >= 0.3 is 5.97 Å². The summed E-state index contributed by atoms with van der Waals surface area (Å²) in [5.41, 5.74) is 1.67. The van der Waals surface area contributed by atoms with Gasteiger partial charge in [-0.25, -0.2) is 0 Å². The fourth-order valence-corrected chi connectivity index (χ4v) is 3.08. The summed E-state index contributed by atoms with van der Waals surface area (Å²) in [6, 6.07) is 13.9. The van der Waals surface area contributed by atoms with Crippen molar-refractivity contribution < 1.29 is 28.9 Å². The van der Waals surface area contributed by atoms with Crippen molar-refractivity contribution in [2.75, 3.05) is 19.9 Å². The molecule has 0 saturated heterocycles. The van der Waals surface area contributed by atoms with Crippen molar-refractivity contribution in [3.05, 3.63) is 65.2 Å². The third-order valence-electron chi connectivity index (χ3n) is 4.52. The van der Waals surface area contributed by atoms with Crippen LogP contribution < -0.4 is 10.1 Å². The van der Waals surface area contributed by atoms with Crippen molar-refractivity contribution >= 4 is 11.9 Å². The molecule has 1 heterocycles. The van der Waals surface area contributed by atoms with Crippen LogP contribution in [0.1, 0.15) is 34.5 Å². The van der Waals surface area contributed by atoms with E-state index in [-0.39, 0.29) is 32.5 Å². The Balaban J connectivity index is 1.80. The second-order valence-corrected chi connectivity index (χ2v) is 6.31. The minimum atomic E-state index is -1.18. The Kier molecular flexibility index (Phi) is 6.62. The molecule has 0 radical (unpaired) electrons. The molecular formula is C21H23NO6. The molecule has 3 rings (SSSR count). The van der Waals surface area contributed by atoms with E-state index in [2.05, 4.69) is 5.32 Å². The second kappa shape index (κ2) is 9.34. The first-order valence-corrected chi connectivity index (χ1v) is 9.12. The van der Waals surface area contributed by atoms with Crippen molar-refractivity contribution in [2.45, 2.75) is 19.6 Å². The normalized spacial score (nSPS) is 14.9. The van der Waals surface area contributed by atoms with E-state index in [1.807, 2.05) is 6.07 Å². The van der Waals surface area contributed by atoms with Crippen LogP contribution in [0.25, 0.3) is 0 Å². The maximum atomic E-state index is 12.5. The number of rotatable bonds is 7. The number of carbonyl (C=O) groups is 2. The fraction of sp³-hybridized carbons (Fsp3) is 0.333. The number of benzene rings is 2. The lowest BCUT2D eigenvalue weighted by molar-refractivity contribution is -0.152. The highest BCUT2D eigenvalue weighted by molar-refractivity contribution is 5.94. The quantitative estimate of drug-likeness (QED) is 0.710. The number of aliphatic hydroxyl groups is 1. The molecule has 2 aromatic carbocycles. The molecule has 148 valence electrons. The van der Waals surface area contributed by atoms with Gasteiger partial charge in [0.05, 0.1) is 19.3 Å². The van der Waals surface area contributed by atoms with E-state index < -0.39 is 18.0 Å². The van der Waals surface area contributed by atoms with Gasteiger partial charge in [-0.2, -0.15) is 0 Å². The number of esters is 1. The highest BCUT2D eigenvalue weighted by atomic mass is 16.7. The number of fused-ring (bicyclic) bond motifs is 1. The summed E-state index contributed by atoms with van der Waals surface area (Å²) in [5, 5.41) is 13.7. The Bertz CT molecular complexity index is 823. The van der Waals surface area contributed by atoms with Gasteiger partial charge in [0, 0.05) is 17.7 Å². The van der Waals surface area contributed by atoms with E-state index in [1.165, 1.54) is 0 Å². The molecule has 1 aliphatic rings. The Labute approximate surface area is 163 Å². The monoisotopic (exact) mass is 385 g/mol. The molecule has 0 aromatic heterocycles. The maximum Gasteiger partial charge on any atom is 0.313 e. The third kappa shape index (κ3) is 4.49. The maximum absolute atomic E-state index is 12.5. The van der Waals surface area contributed by atoms with Crippen molar-refractivity contribution in [1.29, 1.82) is 0 Å². The van der Waals surface area contributed by atoms with E-state index >= 15 is 0 Å². The van der Waals surface area contributed by atoms with Crippen molar-refractivity contribution in [1.82, 2.24) is 5.32 Å². The zero-order chi connectivity index (χ0) is 19.9. The van der Waals surface area contributed by atoms with Crippen LogP contribution >= 0.6 is 0 Å². The van der Waals surface area contributed by atoms with Crippen molar-refractivity contribution in [2.24, 2.45) is 5.92 Å². The minimum absolute atomic E-state index is 0.0703. The molecule has 0 spiro atoms. The van der Waals surface area contributed by atoms with Crippen molar-refractivity contribution in [3.8, 4) is 5.75 Å². The zero-order valence-corrected chi connectivity index (χ0v) is 15.6. The fourth-order valence-electron chi connectivity index (χ4n) is 3.08. The molecule has 2 N–H and O–H groups in total. The molecule has 0 unspecified atom stereocenters. The third-order valence-corrected chi connectivity index (χ3v) is 4.52. The SMILES string of the molecule is CCOC(=O)[C@H](CNC(=O)c1ccccc1)[C@H](O)c1cccc2c1COCO2. The second-order valence-electron chi connectivity index (χ2n) is 6.31. The Morgan fingerprint density at radius 1 is 1.18 bits per heavy atom. The van der Waals surface area contributed by atoms with Gasteiger partial charge in [-0.15, -0.1) is 0 Å². The summed E-state index contributed by atoms with van der Waals surface area (Å²) in [7, 11) is 0. The first kappa shape index (κ1) is 19.9. The Morgan fingerprint density at radius 3 is 2.71 bits per heavy atom. The lowest BCUT2D eigenvalue weighted by Gasteiger charge is -2.26. The summed E-state index contributed by atoms with van der Waals surface area (Å²) in [5.74, 6) is -1.28. The molecule has 1 aliphatic heterocycles. The Hall–Kier alpha value is -2.90. The van der Waals surface area contributed by atoms with E-state index in [0.29, 0.717) is 22.4 Å². The van der Waals surface area contributed by atoms with Gasteiger partial charge in [0.15, 0.2) is 6.79 Å². The molecular weight excluding hydrogens is 362 g/mol. The average molecular weight is 385 g/mol. The van der Waals surface area contributed by atoms with Crippen LogP contribution in [0.4, 0.5) is 0 Å². The number of carbonyl (C=O) groups excluding carboxylic acids is 2. The number of ether oxygens (including phenoxy) is 3. The summed E-state index contributed by atoms with van der Waals surface area (Å²) < 4.78 is 15.9. The smallest absolute Gasteiger partial charge is 0.313 e. The minimum Gasteiger partial charge on any atom is -0.467 e. The van der Waals surface area contributed by atoms with Gasteiger partial charge in [0.2, 0.25) is 0 Å². The molecule has 0 saturated carbocycles. The standard InChI is InChI=1S/C21H23NO6/c1-2-27-21(25)16(11-22-20(24)14-7-4-3-5-8-14)19(23)15-9-6-10-18-17(15)12-26-13-28-18/h3-10,16,19,23H,2,11-13H2,1H3,(H,22,24)/t16-,19-/m1/s1. The van der Waals surface area contributed by atoms with Gasteiger partial charge in [0.1, 0.15) is 11.7 Å². The van der Waals surface area contributed by atoms with E-state index in [1.54, 1.807) is 49.4 Å². The first-order valence-electron chi connectivity index (χ1n) is 9.12. The summed E-state index contributed by atoms with van der Waals surface area (Å²) in [6.07, 6.45) is -1.18. The number of hydrogen-bond acceptors (Lipinski definition) is 6. The molecule has 7 heteroatoms. The van der Waals surface area contributed by atoms with Crippen LogP contribution in [0.15, 0.2) is 48.5 Å². The summed E-state index contributed by atoms with van der Waals surface area (Å²) in [6.45, 7) is 2.21. The van der Waals surface area contributed by atoms with Gasteiger partial charge in [0.25, 0.3) is 5.91 Å². The number of aliphatic hydroxyl groups excluding tert-OH is 1. The number of nitrogens with one attached hydrogen (secondary N) is 1. The van der Waals surface area contributed by atoms with Crippen LogP contribution in [-0.4, -0.2) is 36.9 Å². The molecule has 2 atom stereocenters. The van der Waals surface area contributed by atoms with Crippen LogP contribution in [-0.2, 0) is 20.9 Å². The molecule has 2 aromatic rings. The summed E-state index contributed by atoms with van der Waals surface area (Å²) in [4.78, 5) is 24.8. The predicted molar refractivity (Wildman–Crippen MR) is 101 cm³/mol. The van der Waals surface area contributed by atoms with E-state index in [9.17, 15) is 14.7 Å². The first-order chi connectivity index (χ1) is 13.6. The van der Waals surface area contributed by atoms with Gasteiger partial charge < -0.3 is 24.6 Å². The average Bonchev–Trinajstić information content (AvgIpc) is 2.74. The lowest BCUT2D eigenvalue weighted by Crippen LogP contribution is -2.37. The molecule has 0 bridgehead atoms. The lowest BCUT2D eigenvalue weighted by atomic mass is 9.91. The van der Waals surface area contributed by atoms with Crippen LogP contribution in [0.2, 0.25) is 0 Å². The largest absolute Gasteiger partial charge is 0.467 e. The molecule has 7 nitrogen and oxygen atoms in total. The topological polar surface area (TPSA) is 94.1 Å². The predicted octanol–water partition coefficient (Wildman–Crippen LogP) is 2.20. The van der Waals surface area contributed by atoms with Crippen LogP contribution in [0.3, 0.4) is 0 Å². The highest BCUT2D eigenvalue weighted by Gasteiger charge is 2.32. The molecule has 0 fully saturated rings. The Morgan fingerprint density at radius 2 is 1.96 bits per heavy atom. The number of amides is 1. The van der Waals surface area contributed by atoms with E-state index in [4.69, 9.17) is 14.2 Å². The van der Waals surface area contributed by atoms with Crippen LogP contribution in [0, 0.1) is 5.92 Å². The molecule has 1 amide bonds. The molecule has 0 aliphatic carbocycles. The number of hydrogen-bond donors (Lipinski definition) is 2. The highest BCUT2D eigenvalue weighted by Crippen LogP contribution is 2.33.